The molecule has 0 saturated carbocycles. The second-order valence-corrected chi connectivity index (χ2v) is 1.80. The Kier molecular flexibility index (Phi) is 1.02. The van der Waals surface area contributed by atoms with Crippen LogP contribution in [-0.2, 0) is 7.05 Å². The summed E-state index contributed by atoms with van der Waals surface area (Å²) in [7, 11) is 1.51. The van der Waals surface area contributed by atoms with Crippen molar-refractivity contribution in [3.63, 3.8) is 0 Å². The van der Waals surface area contributed by atoms with Gasteiger partial charge in [-0.25, -0.2) is 0 Å². The normalized spacial score (nSPS) is 9.89. The van der Waals surface area contributed by atoms with Crippen LogP contribution in [0.5, 0.6) is 17.4 Å². The van der Waals surface area contributed by atoms with Gasteiger partial charge in [0.1, 0.15) is 0 Å². The van der Waals surface area contributed by atoms with Gasteiger partial charge in [0.25, 0.3) is 0 Å². The van der Waals surface area contributed by atoms with E-state index in [1.165, 1.54) is 17.8 Å². The minimum atomic E-state index is -0.475. The Morgan fingerprint density at radius 1 is 1.33 bits per heavy atom. The molecule has 0 spiro atoms. The van der Waals surface area contributed by atoms with Gasteiger partial charge in [-0.05, 0) is 0 Å². The van der Waals surface area contributed by atoms with Crippen LogP contribution in [0, 0.1) is 0 Å². The highest BCUT2D eigenvalue weighted by molar-refractivity contribution is 5.45. The molecule has 4 heteroatoms. The molecule has 1 aromatic rings. The lowest BCUT2D eigenvalue weighted by molar-refractivity contribution is 0.364. The van der Waals surface area contributed by atoms with Crippen molar-refractivity contribution in [2.75, 3.05) is 0 Å². The van der Waals surface area contributed by atoms with Gasteiger partial charge in [-0.1, -0.05) is 0 Å². The van der Waals surface area contributed by atoms with Crippen molar-refractivity contribution in [2.24, 2.45) is 7.05 Å². The van der Waals surface area contributed by atoms with E-state index >= 15 is 0 Å². The molecule has 0 aliphatic rings. The Bertz CT molecular complexity index is 206. The quantitative estimate of drug-likeness (QED) is 0.467. The first-order valence-electron chi connectivity index (χ1n) is 2.39. The van der Waals surface area contributed by atoms with Crippen LogP contribution in [0.4, 0.5) is 0 Å². The highest BCUT2D eigenvalue weighted by Crippen LogP contribution is 2.34. The smallest absolute Gasteiger partial charge is 0.238 e. The van der Waals surface area contributed by atoms with E-state index in [1.807, 2.05) is 0 Å². The standard InChI is InChI=1S/C5H7NO3/c1-6-2-3(7)4(8)5(6)9/h2,7-9H,1H3. The van der Waals surface area contributed by atoms with Crippen LogP contribution in [-0.4, -0.2) is 19.9 Å². The van der Waals surface area contributed by atoms with Crippen molar-refractivity contribution < 1.29 is 15.3 Å². The van der Waals surface area contributed by atoms with Crippen LogP contribution in [0.1, 0.15) is 0 Å². The summed E-state index contributed by atoms with van der Waals surface area (Å²) in [6.45, 7) is 0. The molecule has 0 aromatic carbocycles. The molecule has 1 aromatic heterocycles. The molecule has 0 unspecified atom stereocenters. The number of aromatic hydroxyl groups is 3. The zero-order valence-electron chi connectivity index (χ0n) is 4.87. The van der Waals surface area contributed by atoms with Gasteiger partial charge in [0.15, 0.2) is 5.75 Å². The largest absolute Gasteiger partial charge is 0.503 e. The van der Waals surface area contributed by atoms with Crippen molar-refractivity contribution in [3.05, 3.63) is 6.20 Å². The lowest BCUT2D eigenvalue weighted by atomic mass is 10.5. The SMILES string of the molecule is Cn1cc(O)c(O)c1O. The monoisotopic (exact) mass is 129 g/mol. The molecule has 3 N–H and O–H groups in total. The Morgan fingerprint density at radius 2 is 1.89 bits per heavy atom. The number of aryl methyl sites for hydroxylation is 1. The molecular weight excluding hydrogens is 122 g/mol. The fourth-order valence-electron chi connectivity index (χ4n) is 0.587. The van der Waals surface area contributed by atoms with E-state index in [9.17, 15) is 0 Å². The first kappa shape index (κ1) is 5.81. The van der Waals surface area contributed by atoms with Crippen LogP contribution in [0.25, 0.3) is 0 Å². The molecule has 0 bridgehead atoms. The average molecular weight is 129 g/mol. The van der Waals surface area contributed by atoms with E-state index < -0.39 is 5.75 Å². The molecule has 0 amide bonds. The summed E-state index contributed by atoms with van der Waals surface area (Å²) in [5.74, 6) is -1.11. The third-order valence-corrected chi connectivity index (χ3v) is 1.10. The number of rotatable bonds is 0. The first-order valence-corrected chi connectivity index (χ1v) is 2.39. The lowest BCUT2D eigenvalue weighted by Gasteiger charge is -1.90. The van der Waals surface area contributed by atoms with E-state index in [2.05, 4.69) is 0 Å². The van der Waals surface area contributed by atoms with Gasteiger partial charge in [-0.3, -0.25) is 0 Å². The van der Waals surface area contributed by atoms with E-state index in [-0.39, 0.29) is 11.6 Å². The molecule has 9 heavy (non-hydrogen) atoms. The minimum Gasteiger partial charge on any atom is -0.503 e. The number of hydrogen-bond acceptors (Lipinski definition) is 3. The Hall–Kier alpha value is -1.32. The fraction of sp³-hybridized carbons (Fsp3) is 0.200. The lowest BCUT2D eigenvalue weighted by Crippen LogP contribution is -1.80. The van der Waals surface area contributed by atoms with E-state index in [0.29, 0.717) is 0 Å². The zero-order valence-corrected chi connectivity index (χ0v) is 4.87. The molecule has 0 aliphatic carbocycles. The molecule has 1 rings (SSSR count). The summed E-state index contributed by atoms with van der Waals surface area (Å²) < 4.78 is 1.21. The molecule has 1 heterocycles. The molecule has 0 atom stereocenters. The average Bonchev–Trinajstić information content (AvgIpc) is 1.98. The zero-order chi connectivity index (χ0) is 7.02. The third kappa shape index (κ3) is 0.679. The molecular formula is C5H7NO3. The molecule has 0 aliphatic heterocycles. The first-order chi connectivity index (χ1) is 4.13. The van der Waals surface area contributed by atoms with E-state index in [4.69, 9.17) is 15.3 Å². The Labute approximate surface area is 51.6 Å². The number of aromatic nitrogens is 1. The topological polar surface area (TPSA) is 65.6 Å². The van der Waals surface area contributed by atoms with Gasteiger partial charge in [0.05, 0.1) is 6.20 Å². The minimum absolute atomic E-state index is 0.310. The predicted molar refractivity (Wildman–Crippen MR) is 30.4 cm³/mol. The maximum atomic E-state index is 8.78. The molecule has 0 saturated heterocycles. The van der Waals surface area contributed by atoms with Crippen LogP contribution >= 0.6 is 0 Å². The third-order valence-electron chi connectivity index (χ3n) is 1.10. The summed E-state index contributed by atoms with van der Waals surface area (Å²) in [5.41, 5.74) is 0. The van der Waals surface area contributed by atoms with Crippen molar-refractivity contribution in [2.45, 2.75) is 0 Å². The Balaban J connectivity index is 3.29. The molecule has 4 nitrogen and oxygen atoms in total. The second-order valence-electron chi connectivity index (χ2n) is 1.80. The number of hydrogen-bond donors (Lipinski definition) is 3. The molecule has 50 valence electrons. The van der Waals surface area contributed by atoms with Gasteiger partial charge < -0.3 is 19.9 Å². The van der Waals surface area contributed by atoms with Gasteiger partial charge in [-0.2, -0.15) is 0 Å². The van der Waals surface area contributed by atoms with Crippen LogP contribution < -0.4 is 0 Å². The summed E-state index contributed by atoms with van der Waals surface area (Å²) >= 11 is 0. The fourth-order valence-corrected chi connectivity index (χ4v) is 0.587. The van der Waals surface area contributed by atoms with Crippen molar-refractivity contribution >= 4 is 0 Å². The highest BCUT2D eigenvalue weighted by atomic mass is 16.3. The maximum absolute atomic E-state index is 8.78. The molecule has 0 radical (unpaired) electrons. The predicted octanol–water partition coefficient (Wildman–Crippen LogP) is 0.142. The molecule has 0 fully saturated rings. The van der Waals surface area contributed by atoms with Crippen LogP contribution in [0.3, 0.4) is 0 Å². The highest BCUT2D eigenvalue weighted by Gasteiger charge is 2.09. The van der Waals surface area contributed by atoms with Gasteiger partial charge >= 0.3 is 0 Å². The van der Waals surface area contributed by atoms with Crippen LogP contribution in [0.15, 0.2) is 6.20 Å². The summed E-state index contributed by atoms with van der Waals surface area (Å²) in [4.78, 5) is 0. The van der Waals surface area contributed by atoms with Crippen molar-refractivity contribution in [1.82, 2.24) is 4.57 Å². The number of nitrogens with zero attached hydrogens (tertiary/aromatic N) is 1. The van der Waals surface area contributed by atoms with Gasteiger partial charge in [0.2, 0.25) is 11.6 Å². The summed E-state index contributed by atoms with van der Waals surface area (Å²) in [6.07, 6.45) is 1.21. The maximum Gasteiger partial charge on any atom is 0.238 e. The van der Waals surface area contributed by atoms with Crippen molar-refractivity contribution in [3.8, 4) is 17.4 Å². The van der Waals surface area contributed by atoms with E-state index in [1.54, 1.807) is 0 Å². The van der Waals surface area contributed by atoms with Gasteiger partial charge in [0, 0.05) is 7.05 Å². The van der Waals surface area contributed by atoms with Gasteiger partial charge in [-0.15, -0.1) is 0 Å². The second kappa shape index (κ2) is 1.58. The van der Waals surface area contributed by atoms with Crippen LogP contribution in [0.2, 0.25) is 0 Å². The van der Waals surface area contributed by atoms with E-state index in [0.717, 1.165) is 0 Å². The summed E-state index contributed by atoms with van der Waals surface area (Å²) in [6, 6.07) is 0. The summed E-state index contributed by atoms with van der Waals surface area (Å²) in [5, 5.41) is 26.2. The van der Waals surface area contributed by atoms with Crippen molar-refractivity contribution in [1.29, 1.82) is 0 Å². The Morgan fingerprint density at radius 3 is 2.00 bits per heavy atom.